The number of halogens is 1. The first-order valence-electron chi connectivity index (χ1n) is 7.78. The summed E-state index contributed by atoms with van der Waals surface area (Å²) in [4.78, 5) is 14.1. The molecule has 0 heterocycles. The number of amides is 1. The van der Waals surface area contributed by atoms with Gasteiger partial charge in [-0.1, -0.05) is 44.5 Å². The fraction of sp³-hybridized carbons (Fsp3) is 0.588. The lowest BCUT2D eigenvalue weighted by atomic mass is 10.0. The van der Waals surface area contributed by atoms with Gasteiger partial charge in [0.05, 0.1) is 12.1 Å². The SMILES string of the molecule is CCCC(N)C(=O)NCC(c1ccc(CC)cc1)N(C)C.Cl. The van der Waals surface area contributed by atoms with Crippen molar-refractivity contribution in [3.8, 4) is 0 Å². The summed E-state index contributed by atoms with van der Waals surface area (Å²) in [5.74, 6) is -0.0612. The van der Waals surface area contributed by atoms with Gasteiger partial charge in [-0.2, -0.15) is 0 Å². The zero-order valence-electron chi connectivity index (χ0n) is 14.1. The lowest BCUT2D eigenvalue weighted by Crippen LogP contribution is -2.43. The number of nitrogens with two attached hydrogens (primary N) is 1. The molecular formula is C17H30ClN3O. The van der Waals surface area contributed by atoms with E-state index in [1.165, 1.54) is 11.1 Å². The van der Waals surface area contributed by atoms with Crippen LogP contribution in [0, 0.1) is 0 Å². The third-order valence-corrected chi connectivity index (χ3v) is 3.80. The van der Waals surface area contributed by atoms with Crippen LogP contribution in [0.5, 0.6) is 0 Å². The Bertz CT molecular complexity index is 434. The third-order valence-electron chi connectivity index (χ3n) is 3.80. The van der Waals surface area contributed by atoms with Gasteiger partial charge >= 0.3 is 0 Å². The van der Waals surface area contributed by atoms with Gasteiger partial charge in [-0.15, -0.1) is 12.4 Å². The summed E-state index contributed by atoms with van der Waals surface area (Å²) in [6.07, 6.45) is 2.68. The zero-order chi connectivity index (χ0) is 15.8. The Morgan fingerprint density at radius 3 is 2.27 bits per heavy atom. The minimum absolute atomic E-state index is 0. The number of nitrogens with one attached hydrogen (secondary N) is 1. The molecule has 126 valence electrons. The van der Waals surface area contributed by atoms with Gasteiger partial charge in [0.15, 0.2) is 0 Å². The van der Waals surface area contributed by atoms with Gasteiger partial charge in [0.2, 0.25) is 5.91 Å². The van der Waals surface area contributed by atoms with E-state index < -0.39 is 6.04 Å². The van der Waals surface area contributed by atoms with Crippen molar-refractivity contribution in [3.05, 3.63) is 35.4 Å². The molecule has 0 aliphatic carbocycles. The molecule has 0 spiro atoms. The van der Waals surface area contributed by atoms with Gasteiger partial charge < -0.3 is 16.0 Å². The molecule has 0 fully saturated rings. The van der Waals surface area contributed by atoms with E-state index in [0.717, 1.165) is 19.3 Å². The van der Waals surface area contributed by atoms with Crippen LogP contribution in [0.25, 0.3) is 0 Å². The van der Waals surface area contributed by atoms with Crippen molar-refractivity contribution >= 4 is 18.3 Å². The van der Waals surface area contributed by atoms with Gasteiger partial charge in [0.25, 0.3) is 0 Å². The highest BCUT2D eigenvalue weighted by Crippen LogP contribution is 2.18. The van der Waals surface area contributed by atoms with Crippen molar-refractivity contribution in [1.29, 1.82) is 0 Å². The highest BCUT2D eigenvalue weighted by molar-refractivity contribution is 5.85. The Balaban J connectivity index is 0.00000441. The van der Waals surface area contributed by atoms with E-state index in [1.807, 2.05) is 21.0 Å². The summed E-state index contributed by atoms with van der Waals surface area (Å²) in [7, 11) is 4.05. The Morgan fingerprint density at radius 2 is 1.82 bits per heavy atom. The van der Waals surface area contributed by atoms with E-state index in [2.05, 4.69) is 41.4 Å². The van der Waals surface area contributed by atoms with Gasteiger partial charge in [-0.25, -0.2) is 0 Å². The standard InChI is InChI=1S/C17H29N3O.ClH/c1-5-7-15(18)17(21)19-12-16(20(3)4)14-10-8-13(6-2)9-11-14;/h8-11,15-16H,5-7,12,18H2,1-4H3,(H,19,21);1H. The summed E-state index contributed by atoms with van der Waals surface area (Å²) in [6, 6.07) is 8.34. The summed E-state index contributed by atoms with van der Waals surface area (Å²) >= 11 is 0. The van der Waals surface area contributed by atoms with Crippen LogP contribution >= 0.6 is 12.4 Å². The molecule has 3 N–H and O–H groups in total. The number of carbonyl (C=O) groups is 1. The van der Waals surface area contributed by atoms with Gasteiger partial charge in [0, 0.05) is 6.54 Å². The van der Waals surface area contributed by atoms with Crippen molar-refractivity contribution in [2.45, 2.75) is 45.2 Å². The van der Waals surface area contributed by atoms with E-state index in [-0.39, 0.29) is 24.4 Å². The van der Waals surface area contributed by atoms with Crippen LogP contribution in [0.3, 0.4) is 0 Å². The second-order valence-electron chi connectivity index (χ2n) is 5.71. The Labute approximate surface area is 140 Å². The lowest BCUT2D eigenvalue weighted by Gasteiger charge is -2.26. The second kappa shape index (κ2) is 10.6. The Morgan fingerprint density at radius 1 is 1.23 bits per heavy atom. The van der Waals surface area contributed by atoms with Crippen LogP contribution in [0.15, 0.2) is 24.3 Å². The maximum Gasteiger partial charge on any atom is 0.236 e. The maximum absolute atomic E-state index is 11.9. The Kier molecular flexibility index (Phi) is 10.1. The topological polar surface area (TPSA) is 58.4 Å². The molecule has 2 unspecified atom stereocenters. The van der Waals surface area contributed by atoms with Crippen molar-refractivity contribution in [1.82, 2.24) is 10.2 Å². The first kappa shape index (κ1) is 20.9. The number of hydrogen-bond donors (Lipinski definition) is 2. The van der Waals surface area contributed by atoms with E-state index in [1.54, 1.807) is 0 Å². The molecule has 0 aliphatic heterocycles. The van der Waals surface area contributed by atoms with E-state index in [4.69, 9.17) is 5.73 Å². The number of aryl methyl sites for hydroxylation is 1. The average Bonchev–Trinajstić information content (AvgIpc) is 2.47. The molecule has 0 aromatic heterocycles. The average molecular weight is 328 g/mol. The minimum Gasteiger partial charge on any atom is -0.353 e. The van der Waals surface area contributed by atoms with E-state index in [0.29, 0.717) is 6.54 Å². The molecule has 5 heteroatoms. The quantitative estimate of drug-likeness (QED) is 0.771. The predicted molar refractivity (Wildman–Crippen MR) is 95.4 cm³/mol. The molecule has 22 heavy (non-hydrogen) atoms. The normalized spacial score (nSPS) is 13.4. The van der Waals surface area contributed by atoms with Crippen LogP contribution in [0.2, 0.25) is 0 Å². The summed E-state index contributed by atoms with van der Waals surface area (Å²) in [5.41, 5.74) is 8.38. The molecule has 0 saturated carbocycles. The van der Waals surface area contributed by atoms with Crippen LogP contribution in [0.1, 0.15) is 43.9 Å². The predicted octanol–water partition coefficient (Wildman–Crippen LogP) is 2.52. The first-order chi connectivity index (χ1) is 9.99. The maximum atomic E-state index is 11.9. The molecule has 2 atom stereocenters. The monoisotopic (exact) mass is 327 g/mol. The molecule has 4 nitrogen and oxygen atoms in total. The molecule has 1 rings (SSSR count). The van der Waals surface area contributed by atoms with Crippen LogP contribution < -0.4 is 11.1 Å². The second-order valence-corrected chi connectivity index (χ2v) is 5.71. The fourth-order valence-corrected chi connectivity index (χ4v) is 2.34. The highest BCUT2D eigenvalue weighted by Gasteiger charge is 2.17. The van der Waals surface area contributed by atoms with Crippen molar-refractivity contribution in [3.63, 3.8) is 0 Å². The van der Waals surface area contributed by atoms with Crippen LogP contribution in [-0.4, -0.2) is 37.5 Å². The molecule has 0 radical (unpaired) electrons. The van der Waals surface area contributed by atoms with Gasteiger partial charge in [-0.3, -0.25) is 4.79 Å². The first-order valence-corrected chi connectivity index (χ1v) is 7.78. The van der Waals surface area contributed by atoms with Crippen molar-refractivity contribution < 1.29 is 4.79 Å². The molecule has 0 aliphatic rings. The van der Waals surface area contributed by atoms with Crippen LogP contribution in [-0.2, 0) is 11.2 Å². The van der Waals surface area contributed by atoms with Crippen molar-refractivity contribution in [2.75, 3.05) is 20.6 Å². The molecule has 0 bridgehead atoms. The lowest BCUT2D eigenvalue weighted by molar-refractivity contribution is -0.122. The molecule has 1 aromatic rings. The fourth-order valence-electron chi connectivity index (χ4n) is 2.34. The molecule has 1 aromatic carbocycles. The number of nitrogens with zero attached hydrogens (tertiary/aromatic N) is 1. The van der Waals surface area contributed by atoms with Gasteiger partial charge in [0.1, 0.15) is 0 Å². The summed E-state index contributed by atoms with van der Waals surface area (Å²) in [5, 5.41) is 2.97. The summed E-state index contributed by atoms with van der Waals surface area (Å²) < 4.78 is 0. The Hall–Kier alpha value is -1.10. The minimum atomic E-state index is -0.403. The zero-order valence-corrected chi connectivity index (χ0v) is 15.0. The molecular weight excluding hydrogens is 298 g/mol. The van der Waals surface area contributed by atoms with E-state index >= 15 is 0 Å². The van der Waals surface area contributed by atoms with Crippen molar-refractivity contribution in [2.24, 2.45) is 5.73 Å². The smallest absolute Gasteiger partial charge is 0.236 e. The van der Waals surface area contributed by atoms with Gasteiger partial charge in [-0.05, 0) is 38.1 Å². The van der Waals surface area contributed by atoms with E-state index in [9.17, 15) is 4.79 Å². The molecule has 0 saturated heterocycles. The highest BCUT2D eigenvalue weighted by atomic mass is 35.5. The van der Waals surface area contributed by atoms with Crippen LogP contribution in [0.4, 0.5) is 0 Å². The number of carbonyl (C=O) groups excluding carboxylic acids is 1. The largest absolute Gasteiger partial charge is 0.353 e. The number of likely N-dealkylation sites (N-methyl/N-ethyl adjacent to an activating group) is 1. The summed E-state index contributed by atoms with van der Waals surface area (Å²) in [6.45, 7) is 4.76. The number of hydrogen-bond acceptors (Lipinski definition) is 3. The third kappa shape index (κ3) is 6.34. The number of rotatable bonds is 8. The number of benzene rings is 1. The molecule has 1 amide bonds.